The zero-order chi connectivity index (χ0) is 14.0. The van der Waals surface area contributed by atoms with Crippen molar-refractivity contribution in [1.82, 2.24) is 0 Å². The molecule has 0 aromatic heterocycles. The molecular weight excluding hydrogens is 268 g/mol. The van der Waals surface area contributed by atoms with E-state index < -0.39 is 10.2 Å². The molecule has 96 valence electrons. The van der Waals surface area contributed by atoms with E-state index in [2.05, 4.69) is 0 Å². The monoisotopic (exact) mass is 274 g/mol. The molecule has 0 saturated carbocycles. The van der Waals surface area contributed by atoms with Gasteiger partial charge in [-0.2, -0.15) is 0 Å². The number of hydrogen-bond donors (Lipinski definition) is 3. The maximum atomic E-state index is 8.67. The molecule has 11 nitrogen and oxygen atoms in total. The van der Waals surface area contributed by atoms with Crippen LogP contribution in [0.4, 0.5) is 0 Å². The third-order valence-corrected chi connectivity index (χ3v) is 0.887. The summed E-state index contributed by atoms with van der Waals surface area (Å²) in [7, 11) is 0. The third kappa shape index (κ3) is 23.5. The fraction of sp³-hybridized carbons (Fsp3) is 0. The maximum Gasteiger partial charge on any atom is 2.00 e. The van der Waals surface area contributed by atoms with Gasteiger partial charge in [0.1, 0.15) is 17.2 Å². The molecule has 1 aromatic rings. The van der Waals surface area contributed by atoms with Gasteiger partial charge in [0.2, 0.25) is 0 Å². The second-order valence-corrected chi connectivity index (χ2v) is 2.15. The van der Waals surface area contributed by atoms with Crippen LogP contribution >= 0.6 is 0 Å². The van der Waals surface area contributed by atoms with Crippen molar-refractivity contribution in [1.29, 1.82) is 0 Å². The molecule has 0 aliphatic rings. The first-order chi connectivity index (χ1) is 7.65. The summed E-state index contributed by atoms with van der Waals surface area (Å²) in [6.07, 6.45) is 0. The third-order valence-electron chi connectivity index (χ3n) is 0.887. The Kier molecular flexibility index (Phi) is 13.2. The number of phenolic OH excluding ortho intramolecular Hbond substituents is 3. The number of aromatic hydroxyl groups is 3. The zero-order valence-corrected chi connectivity index (χ0v) is 10.0. The number of rotatable bonds is 0. The molecule has 0 saturated heterocycles. The van der Waals surface area contributed by atoms with Crippen molar-refractivity contribution in [3.8, 4) is 17.2 Å². The minimum Gasteiger partial charge on any atom is -0.508 e. The van der Waals surface area contributed by atoms with Crippen LogP contribution in [0.25, 0.3) is 0 Å². The summed E-state index contributed by atoms with van der Waals surface area (Å²) >= 11 is 0. The molecule has 12 heteroatoms. The second kappa shape index (κ2) is 11.3. The molecule has 18 heavy (non-hydrogen) atoms. The van der Waals surface area contributed by atoms with E-state index in [-0.39, 0.29) is 40.3 Å². The predicted octanol–water partition coefficient (Wildman–Crippen LogP) is -0.0556. The first kappa shape index (κ1) is 21.1. The van der Waals surface area contributed by atoms with Gasteiger partial charge in [0.25, 0.3) is 0 Å². The SMILES string of the molecule is O=[N+]([O-])[O-].O=[N+]([O-])[O-].Oc1cc(O)cc(O)c1.[Mg+2]. The van der Waals surface area contributed by atoms with Crippen molar-refractivity contribution in [3.63, 3.8) is 0 Å². The molecule has 0 radical (unpaired) electrons. The van der Waals surface area contributed by atoms with Gasteiger partial charge in [-0.3, -0.25) is 0 Å². The largest absolute Gasteiger partial charge is 2.00 e. The Morgan fingerprint density at radius 1 is 0.722 bits per heavy atom. The van der Waals surface area contributed by atoms with Crippen molar-refractivity contribution in [3.05, 3.63) is 48.8 Å². The summed E-state index contributed by atoms with van der Waals surface area (Å²) in [6.45, 7) is 0. The fourth-order valence-electron chi connectivity index (χ4n) is 0.580. The van der Waals surface area contributed by atoms with E-state index in [9.17, 15) is 0 Å². The molecule has 3 N–H and O–H groups in total. The summed E-state index contributed by atoms with van der Waals surface area (Å²) < 4.78 is 0. The molecule has 1 rings (SSSR count). The van der Waals surface area contributed by atoms with Gasteiger partial charge in [0.15, 0.2) is 0 Å². The van der Waals surface area contributed by atoms with E-state index in [4.69, 9.17) is 46.0 Å². The molecule has 1 aromatic carbocycles. The topological polar surface area (TPSA) is 193 Å². The van der Waals surface area contributed by atoms with E-state index >= 15 is 0 Å². The van der Waals surface area contributed by atoms with Crippen LogP contribution in [0.2, 0.25) is 0 Å². The molecule has 0 bridgehead atoms. The van der Waals surface area contributed by atoms with E-state index in [0.29, 0.717) is 0 Å². The smallest absolute Gasteiger partial charge is 0.508 e. The number of nitrogens with zero attached hydrogens (tertiary/aromatic N) is 2. The summed E-state index contributed by atoms with van der Waals surface area (Å²) in [5.41, 5.74) is 0. The molecule has 0 heterocycles. The van der Waals surface area contributed by atoms with Gasteiger partial charge >= 0.3 is 23.1 Å². The van der Waals surface area contributed by atoms with Crippen molar-refractivity contribution in [2.24, 2.45) is 0 Å². The minimum atomic E-state index is -1.75. The zero-order valence-electron chi connectivity index (χ0n) is 8.62. The molecule has 0 unspecified atom stereocenters. The van der Waals surface area contributed by atoms with Gasteiger partial charge in [-0.05, 0) is 0 Å². The van der Waals surface area contributed by atoms with Crippen LogP contribution in [0.5, 0.6) is 17.2 Å². The molecular formula is C6H6MgN2O9. The molecule has 0 aliphatic carbocycles. The van der Waals surface area contributed by atoms with E-state index in [1.54, 1.807) is 0 Å². The Labute approximate surface area is 115 Å². The Morgan fingerprint density at radius 2 is 0.833 bits per heavy atom. The maximum absolute atomic E-state index is 8.67. The van der Waals surface area contributed by atoms with Gasteiger partial charge in [-0.25, -0.2) is 0 Å². The molecule has 0 aliphatic heterocycles. The van der Waals surface area contributed by atoms with Gasteiger partial charge in [0, 0.05) is 18.2 Å². The second-order valence-electron chi connectivity index (χ2n) is 2.15. The van der Waals surface area contributed by atoms with Crippen LogP contribution in [0, 0.1) is 30.6 Å². The minimum absolute atomic E-state index is 0. The number of phenols is 3. The van der Waals surface area contributed by atoms with Crippen molar-refractivity contribution >= 4 is 23.1 Å². The summed E-state index contributed by atoms with van der Waals surface area (Å²) in [5.74, 6) is -0.437. The Balaban J connectivity index is -0.000000214. The van der Waals surface area contributed by atoms with Crippen LogP contribution in [0.15, 0.2) is 18.2 Å². The Hall–Kier alpha value is -2.21. The summed E-state index contributed by atoms with van der Waals surface area (Å²) in [6, 6.07) is 3.42. The van der Waals surface area contributed by atoms with E-state index in [1.807, 2.05) is 0 Å². The first-order valence-corrected chi connectivity index (χ1v) is 3.50. The Morgan fingerprint density at radius 3 is 0.944 bits per heavy atom. The Bertz CT molecular complexity index is 315. The average molecular weight is 274 g/mol. The summed E-state index contributed by atoms with van der Waals surface area (Å²) in [4.78, 5) is 16.5. The quantitative estimate of drug-likeness (QED) is 0.330. The van der Waals surface area contributed by atoms with Gasteiger partial charge in [-0.15, -0.1) is 0 Å². The average Bonchev–Trinajstić information content (AvgIpc) is 1.96. The molecule has 0 fully saturated rings. The van der Waals surface area contributed by atoms with Crippen LogP contribution in [0.3, 0.4) is 0 Å². The van der Waals surface area contributed by atoms with Crippen LogP contribution in [0.1, 0.15) is 0 Å². The van der Waals surface area contributed by atoms with Crippen LogP contribution in [-0.4, -0.2) is 48.5 Å². The van der Waals surface area contributed by atoms with Crippen LogP contribution in [-0.2, 0) is 0 Å². The van der Waals surface area contributed by atoms with Gasteiger partial charge < -0.3 is 46.0 Å². The van der Waals surface area contributed by atoms with Gasteiger partial charge in [0.05, 0.1) is 10.2 Å². The fourth-order valence-corrected chi connectivity index (χ4v) is 0.580. The molecule has 0 atom stereocenters. The predicted molar refractivity (Wildman–Crippen MR) is 57.9 cm³/mol. The first-order valence-electron chi connectivity index (χ1n) is 3.50. The van der Waals surface area contributed by atoms with Crippen LogP contribution < -0.4 is 0 Å². The van der Waals surface area contributed by atoms with Crippen molar-refractivity contribution < 1.29 is 25.5 Å². The number of benzene rings is 1. The summed E-state index contributed by atoms with van der Waals surface area (Å²) in [5, 5.41) is 55.5. The normalized spacial score (nSPS) is 7.33. The van der Waals surface area contributed by atoms with Gasteiger partial charge in [-0.1, -0.05) is 0 Å². The number of hydrogen-bond acceptors (Lipinski definition) is 9. The van der Waals surface area contributed by atoms with Crippen molar-refractivity contribution in [2.45, 2.75) is 0 Å². The standard InChI is InChI=1S/C6H6O3.Mg.2NO3/c7-4-1-5(8)3-6(9)2-4;;2*2-1(3)4/h1-3,7-9H;;;/q;+2;2*-1. The van der Waals surface area contributed by atoms with E-state index in [1.165, 1.54) is 0 Å². The molecule has 0 spiro atoms. The van der Waals surface area contributed by atoms with E-state index in [0.717, 1.165) is 18.2 Å². The van der Waals surface area contributed by atoms with Crippen molar-refractivity contribution in [2.75, 3.05) is 0 Å². The molecule has 0 amide bonds.